The number of nitrogens with one attached hydrogen (secondary N) is 1. The number of nitrogens with zero attached hydrogens (tertiary/aromatic N) is 2. The maximum Gasteiger partial charge on any atom is 0.279 e. The molecule has 2 aliphatic rings. The third-order valence-corrected chi connectivity index (χ3v) is 5.87. The van der Waals surface area contributed by atoms with Gasteiger partial charge in [0.15, 0.2) is 0 Å². The van der Waals surface area contributed by atoms with Crippen molar-refractivity contribution in [1.29, 1.82) is 0 Å². The van der Waals surface area contributed by atoms with E-state index in [9.17, 15) is 9.59 Å². The average Bonchev–Trinajstić information content (AvgIpc) is 2.37. The highest BCUT2D eigenvalue weighted by Gasteiger charge is 2.46. The van der Waals surface area contributed by atoms with E-state index >= 15 is 0 Å². The van der Waals surface area contributed by atoms with Crippen LogP contribution in [-0.2, 0) is 7.05 Å². The summed E-state index contributed by atoms with van der Waals surface area (Å²) in [5, 5.41) is 7.17. The molecule has 1 heterocycles. The lowest BCUT2D eigenvalue weighted by atomic mass is 9.55. The van der Waals surface area contributed by atoms with Gasteiger partial charge in [0, 0.05) is 13.6 Å². The zero-order valence-corrected chi connectivity index (χ0v) is 13.7. The van der Waals surface area contributed by atoms with Crippen LogP contribution in [-0.4, -0.2) is 22.2 Å². The second-order valence-electron chi connectivity index (χ2n) is 7.04. The predicted molar refractivity (Wildman–Crippen MR) is 84.9 cm³/mol. The Labute approximate surface area is 131 Å². The second-order valence-corrected chi connectivity index (χ2v) is 7.04. The highest BCUT2D eigenvalue weighted by atomic mass is 16.2. The molecule has 2 saturated carbocycles. The minimum absolute atomic E-state index is 0.241. The molecule has 2 aliphatic carbocycles. The van der Waals surface area contributed by atoms with Crippen LogP contribution in [0.1, 0.15) is 60.1 Å². The lowest BCUT2D eigenvalue weighted by molar-refractivity contribution is 0.00351. The standard InChI is InChI=1S/C17H25N3O2/c1-11-12(2)19-20(3)16(22)14(11)15(21)18-10-17(8-5-9-17)13-6-4-7-13/h13H,4-10H2,1-3H3,(H,18,21). The minimum Gasteiger partial charge on any atom is -0.351 e. The Morgan fingerprint density at radius 2 is 2.00 bits per heavy atom. The Kier molecular flexibility index (Phi) is 3.83. The van der Waals surface area contributed by atoms with Gasteiger partial charge in [-0.05, 0) is 56.4 Å². The van der Waals surface area contributed by atoms with Crippen LogP contribution in [0.25, 0.3) is 0 Å². The number of hydrogen-bond donors (Lipinski definition) is 1. The molecule has 22 heavy (non-hydrogen) atoms. The van der Waals surface area contributed by atoms with E-state index < -0.39 is 0 Å². The fourth-order valence-electron chi connectivity index (χ4n) is 3.84. The van der Waals surface area contributed by atoms with Crippen molar-refractivity contribution in [2.24, 2.45) is 18.4 Å². The van der Waals surface area contributed by atoms with E-state index in [1.54, 1.807) is 14.0 Å². The van der Waals surface area contributed by atoms with Gasteiger partial charge in [0.2, 0.25) is 0 Å². The Morgan fingerprint density at radius 3 is 2.50 bits per heavy atom. The summed E-state index contributed by atoms with van der Waals surface area (Å²) in [6.07, 6.45) is 7.61. The summed E-state index contributed by atoms with van der Waals surface area (Å²) in [7, 11) is 1.59. The number of aromatic nitrogens is 2. The molecule has 120 valence electrons. The van der Waals surface area contributed by atoms with Crippen LogP contribution in [0.3, 0.4) is 0 Å². The molecule has 0 spiro atoms. The normalized spacial score (nSPS) is 20.1. The summed E-state index contributed by atoms with van der Waals surface area (Å²) in [6, 6.07) is 0. The molecular formula is C17H25N3O2. The third-order valence-electron chi connectivity index (χ3n) is 5.87. The van der Waals surface area contributed by atoms with Gasteiger partial charge in [-0.15, -0.1) is 0 Å². The molecule has 3 rings (SSSR count). The zero-order valence-electron chi connectivity index (χ0n) is 13.7. The lowest BCUT2D eigenvalue weighted by Crippen LogP contribution is -2.50. The van der Waals surface area contributed by atoms with Crippen LogP contribution in [0.4, 0.5) is 0 Å². The van der Waals surface area contributed by atoms with Crippen molar-refractivity contribution in [2.45, 2.75) is 52.4 Å². The summed E-state index contributed by atoms with van der Waals surface area (Å²) >= 11 is 0. The molecule has 0 atom stereocenters. The van der Waals surface area contributed by atoms with Gasteiger partial charge in [-0.1, -0.05) is 12.8 Å². The number of aryl methyl sites for hydroxylation is 2. The Balaban J connectivity index is 1.77. The van der Waals surface area contributed by atoms with E-state index in [4.69, 9.17) is 0 Å². The van der Waals surface area contributed by atoms with Crippen LogP contribution in [0.15, 0.2) is 4.79 Å². The number of carbonyl (C=O) groups excluding carboxylic acids is 1. The summed E-state index contributed by atoms with van der Waals surface area (Å²) in [4.78, 5) is 24.8. The van der Waals surface area contributed by atoms with E-state index in [0.717, 1.165) is 11.6 Å². The van der Waals surface area contributed by atoms with Gasteiger partial charge >= 0.3 is 0 Å². The molecule has 1 aromatic heterocycles. The maximum absolute atomic E-state index is 12.6. The van der Waals surface area contributed by atoms with Gasteiger partial charge in [-0.25, -0.2) is 4.68 Å². The van der Waals surface area contributed by atoms with E-state index in [2.05, 4.69) is 10.4 Å². The van der Waals surface area contributed by atoms with E-state index in [0.29, 0.717) is 17.5 Å². The van der Waals surface area contributed by atoms with Crippen molar-refractivity contribution in [1.82, 2.24) is 15.1 Å². The van der Waals surface area contributed by atoms with Crippen molar-refractivity contribution in [3.63, 3.8) is 0 Å². The van der Waals surface area contributed by atoms with Gasteiger partial charge in [-0.2, -0.15) is 5.10 Å². The summed E-state index contributed by atoms with van der Waals surface area (Å²) in [6.45, 7) is 4.33. The topological polar surface area (TPSA) is 64.0 Å². The van der Waals surface area contributed by atoms with Crippen LogP contribution >= 0.6 is 0 Å². The fraction of sp³-hybridized carbons (Fsp3) is 0.706. The first-order valence-corrected chi connectivity index (χ1v) is 8.27. The zero-order chi connectivity index (χ0) is 15.9. The molecule has 0 saturated heterocycles. The molecule has 0 unspecified atom stereocenters. The molecule has 0 aliphatic heterocycles. The van der Waals surface area contributed by atoms with Gasteiger partial charge in [0.1, 0.15) is 5.56 Å². The summed E-state index contributed by atoms with van der Waals surface area (Å²) < 4.78 is 1.25. The SMILES string of the molecule is Cc1nn(C)c(=O)c(C(=O)NCC2(C3CCC3)CCC2)c1C. The first-order valence-electron chi connectivity index (χ1n) is 8.27. The molecule has 0 aromatic carbocycles. The van der Waals surface area contributed by atoms with Crippen molar-refractivity contribution >= 4 is 5.91 Å². The van der Waals surface area contributed by atoms with Crippen molar-refractivity contribution in [2.75, 3.05) is 6.54 Å². The average molecular weight is 303 g/mol. The molecule has 5 nitrogen and oxygen atoms in total. The van der Waals surface area contributed by atoms with Crippen LogP contribution in [0, 0.1) is 25.2 Å². The van der Waals surface area contributed by atoms with E-state index in [1.165, 1.54) is 43.2 Å². The highest BCUT2D eigenvalue weighted by molar-refractivity contribution is 5.95. The summed E-state index contributed by atoms with van der Waals surface area (Å²) in [5.41, 5.74) is 1.65. The highest BCUT2D eigenvalue weighted by Crippen LogP contribution is 2.53. The maximum atomic E-state index is 12.6. The van der Waals surface area contributed by atoms with E-state index in [-0.39, 0.29) is 17.0 Å². The smallest absolute Gasteiger partial charge is 0.279 e. The molecule has 5 heteroatoms. The quantitative estimate of drug-likeness (QED) is 0.926. The molecular weight excluding hydrogens is 278 g/mol. The molecule has 1 aromatic rings. The van der Waals surface area contributed by atoms with E-state index in [1.807, 2.05) is 6.92 Å². The number of rotatable bonds is 4. The van der Waals surface area contributed by atoms with Crippen LogP contribution < -0.4 is 10.9 Å². The fourth-order valence-corrected chi connectivity index (χ4v) is 3.84. The minimum atomic E-state index is -0.313. The van der Waals surface area contributed by atoms with Crippen molar-refractivity contribution in [3.8, 4) is 0 Å². The predicted octanol–water partition coefficient (Wildman–Crippen LogP) is 2.10. The number of hydrogen-bond acceptors (Lipinski definition) is 3. The molecule has 0 radical (unpaired) electrons. The van der Waals surface area contributed by atoms with Gasteiger partial charge < -0.3 is 5.32 Å². The van der Waals surface area contributed by atoms with Crippen LogP contribution in [0.5, 0.6) is 0 Å². The molecule has 1 N–H and O–H groups in total. The van der Waals surface area contributed by atoms with Crippen molar-refractivity contribution in [3.05, 3.63) is 27.2 Å². The van der Waals surface area contributed by atoms with Crippen molar-refractivity contribution < 1.29 is 4.79 Å². The molecule has 0 bridgehead atoms. The molecule has 1 amide bonds. The number of carbonyl (C=O) groups is 1. The first-order chi connectivity index (χ1) is 10.4. The molecule has 2 fully saturated rings. The lowest BCUT2D eigenvalue weighted by Gasteiger charge is -2.51. The van der Waals surface area contributed by atoms with Gasteiger partial charge in [0.05, 0.1) is 5.69 Å². The monoisotopic (exact) mass is 303 g/mol. The Morgan fingerprint density at radius 1 is 1.32 bits per heavy atom. The third kappa shape index (κ3) is 2.36. The van der Waals surface area contributed by atoms with Gasteiger partial charge in [-0.3, -0.25) is 9.59 Å². The summed E-state index contributed by atoms with van der Waals surface area (Å²) in [5.74, 6) is 0.527. The second kappa shape index (κ2) is 5.52. The van der Waals surface area contributed by atoms with Crippen LogP contribution in [0.2, 0.25) is 0 Å². The Hall–Kier alpha value is -1.65. The largest absolute Gasteiger partial charge is 0.351 e. The van der Waals surface area contributed by atoms with Gasteiger partial charge in [0.25, 0.3) is 11.5 Å². The Bertz CT molecular complexity index is 655. The first kappa shape index (κ1) is 15.3. The number of amides is 1.